The van der Waals surface area contributed by atoms with Gasteiger partial charge < -0.3 is 15.5 Å². The Labute approximate surface area is 173 Å². The van der Waals surface area contributed by atoms with Crippen LogP contribution >= 0.6 is 15.9 Å². The molecule has 0 saturated heterocycles. The number of rotatable bonds is 5. The summed E-state index contributed by atoms with van der Waals surface area (Å²) in [6.45, 7) is 1.92. The molecule has 146 valence electrons. The SMILES string of the molecule is O=C(NCC(=O)N1CCc2ccccc2C1)NCC1(c2cccc(Br)c2)CC1. The van der Waals surface area contributed by atoms with Gasteiger partial charge in [-0.25, -0.2) is 4.79 Å². The smallest absolute Gasteiger partial charge is 0.315 e. The average molecular weight is 442 g/mol. The monoisotopic (exact) mass is 441 g/mol. The highest BCUT2D eigenvalue weighted by Gasteiger charge is 2.44. The fourth-order valence-electron chi connectivity index (χ4n) is 3.83. The summed E-state index contributed by atoms with van der Waals surface area (Å²) >= 11 is 3.51. The van der Waals surface area contributed by atoms with Gasteiger partial charge in [-0.1, -0.05) is 52.3 Å². The number of nitrogens with zero attached hydrogens (tertiary/aromatic N) is 1. The van der Waals surface area contributed by atoms with Gasteiger partial charge in [0.15, 0.2) is 0 Å². The van der Waals surface area contributed by atoms with E-state index in [1.54, 1.807) is 0 Å². The average Bonchev–Trinajstić information content (AvgIpc) is 3.51. The standard InChI is InChI=1S/C22H24BrN3O2/c23-19-7-3-6-18(12-19)22(9-10-22)15-25-21(28)24-13-20(27)26-11-8-16-4-1-2-5-17(16)14-26/h1-7,12H,8-11,13-15H2,(H2,24,25,28). The Morgan fingerprint density at radius 2 is 1.82 bits per heavy atom. The van der Waals surface area contributed by atoms with E-state index < -0.39 is 0 Å². The summed E-state index contributed by atoms with van der Waals surface area (Å²) < 4.78 is 1.05. The molecular weight excluding hydrogens is 418 g/mol. The van der Waals surface area contributed by atoms with Crippen molar-refractivity contribution in [2.45, 2.75) is 31.2 Å². The highest BCUT2D eigenvalue weighted by atomic mass is 79.9. The molecule has 2 aromatic carbocycles. The maximum Gasteiger partial charge on any atom is 0.315 e. The number of benzene rings is 2. The third kappa shape index (κ3) is 4.22. The molecule has 6 heteroatoms. The van der Waals surface area contributed by atoms with Gasteiger partial charge >= 0.3 is 6.03 Å². The Balaban J connectivity index is 1.24. The lowest BCUT2D eigenvalue weighted by Gasteiger charge is -2.29. The van der Waals surface area contributed by atoms with Crippen LogP contribution in [0.2, 0.25) is 0 Å². The number of urea groups is 1. The maximum atomic E-state index is 12.5. The molecule has 0 atom stereocenters. The molecule has 0 aromatic heterocycles. The van der Waals surface area contributed by atoms with Crippen molar-refractivity contribution in [3.63, 3.8) is 0 Å². The van der Waals surface area contributed by atoms with E-state index in [-0.39, 0.29) is 23.9 Å². The molecule has 1 aliphatic heterocycles. The maximum absolute atomic E-state index is 12.5. The quantitative estimate of drug-likeness (QED) is 0.746. The first-order valence-corrected chi connectivity index (χ1v) is 10.5. The van der Waals surface area contributed by atoms with Crippen LogP contribution in [0.1, 0.15) is 29.5 Å². The molecule has 28 heavy (non-hydrogen) atoms. The first kappa shape index (κ1) is 19.0. The van der Waals surface area contributed by atoms with Gasteiger partial charge in [0.05, 0.1) is 6.54 Å². The third-order valence-corrected chi connectivity index (χ3v) is 6.25. The molecule has 0 bridgehead atoms. The minimum Gasteiger partial charge on any atom is -0.337 e. The van der Waals surface area contributed by atoms with Gasteiger partial charge in [0, 0.05) is 29.5 Å². The zero-order chi connectivity index (χ0) is 19.6. The van der Waals surface area contributed by atoms with Crippen molar-refractivity contribution in [1.82, 2.24) is 15.5 Å². The minimum absolute atomic E-state index is 0.0257. The number of halogens is 1. The molecule has 1 heterocycles. The van der Waals surface area contributed by atoms with Gasteiger partial charge in [0.1, 0.15) is 0 Å². The van der Waals surface area contributed by atoms with Crippen LogP contribution in [0.15, 0.2) is 53.0 Å². The Kier molecular flexibility index (Phi) is 5.40. The van der Waals surface area contributed by atoms with Gasteiger partial charge in [-0.2, -0.15) is 0 Å². The van der Waals surface area contributed by atoms with Crippen LogP contribution in [0.25, 0.3) is 0 Å². The molecule has 1 aliphatic carbocycles. The number of carbonyl (C=O) groups is 2. The summed E-state index contributed by atoms with van der Waals surface area (Å²) in [5.74, 6) is -0.0437. The van der Waals surface area contributed by atoms with E-state index in [4.69, 9.17) is 0 Å². The molecule has 5 nitrogen and oxygen atoms in total. The molecule has 2 aliphatic rings. The van der Waals surface area contributed by atoms with Crippen LogP contribution in [0.3, 0.4) is 0 Å². The van der Waals surface area contributed by atoms with E-state index in [1.165, 1.54) is 16.7 Å². The highest BCUT2D eigenvalue weighted by Crippen LogP contribution is 2.48. The number of nitrogens with one attached hydrogen (secondary N) is 2. The van der Waals surface area contributed by atoms with Gasteiger partial charge in [-0.15, -0.1) is 0 Å². The molecule has 0 spiro atoms. The summed E-state index contributed by atoms with van der Waals surface area (Å²) in [6.07, 6.45) is 3.00. The zero-order valence-electron chi connectivity index (χ0n) is 15.7. The highest BCUT2D eigenvalue weighted by molar-refractivity contribution is 9.10. The molecule has 1 saturated carbocycles. The fourth-order valence-corrected chi connectivity index (χ4v) is 4.22. The lowest BCUT2D eigenvalue weighted by Crippen LogP contribution is -2.46. The first-order valence-electron chi connectivity index (χ1n) is 9.68. The second-order valence-electron chi connectivity index (χ2n) is 7.66. The number of amides is 3. The van der Waals surface area contributed by atoms with Gasteiger partial charge in [0.2, 0.25) is 5.91 Å². The summed E-state index contributed by atoms with van der Waals surface area (Å²) in [7, 11) is 0. The molecule has 2 N–H and O–H groups in total. The summed E-state index contributed by atoms with van der Waals surface area (Å²) in [5.41, 5.74) is 3.77. The minimum atomic E-state index is -0.285. The van der Waals surface area contributed by atoms with E-state index in [0.717, 1.165) is 23.7 Å². The van der Waals surface area contributed by atoms with Crippen LogP contribution in [0.5, 0.6) is 0 Å². The molecule has 3 amide bonds. The van der Waals surface area contributed by atoms with Crippen LogP contribution in [0, 0.1) is 0 Å². The van der Waals surface area contributed by atoms with Crippen molar-refractivity contribution in [3.05, 3.63) is 69.7 Å². The van der Waals surface area contributed by atoms with Crippen molar-refractivity contribution in [1.29, 1.82) is 0 Å². The fraction of sp³-hybridized carbons (Fsp3) is 0.364. The van der Waals surface area contributed by atoms with Gasteiger partial charge in [0.25, 0.3) is 0 Å². The third-order valence-electron chi connectivity index (χ3n) is 5.76. The largest absolute Gasteiger partial charge is 0.337 e. The predicted octanol–water partition coefficient (Wildman–Crippen LogP) is 3.36. The van der Waals surface area contributed by atoms with Crippen molar-refractivity contribution in [3.8, 4) is 0 Å². The lowest BCUT2D eigenvalue weighted by molar-refractivity contribution is -0.130. The predicted molar refractivity (Wildman–Crippen MR) is 112 cm³/mol. The summed E-state index contributed by atoms with van der Waals surface area (Å²) in [4.78, 5) is 26.5. The lowest BCUT2D eigenvalue weighted by atomic mass is 9.96. The second kappa shape index (κ2) is 7.95. The molecule has 0 radical (unpaired) electrons. The van der Waals surface area contributed by atoms with Crippen molar-refractivity contribution < 1.29 is 9.59 Å². The first-order chi connectivity index (χ1) is 13.6. The second-order valence-corrected chi connectivity index (χ2v) is 8.58. The van der Waals surface area contributed by atoms with Crippen molar-refractivity contribution in [2.24, 2.45) is 0 Å². The van der Waals surface area contributed by atoms with Gasteiger partial charge in [-0.3, -0.25) is 4.79 Å². The topological polar surface area (TPSA) is 61.4 Å². The number of hydrogen-bond acceptors (Lipinski definition) is 2. The van der Waals surface area contributed by atoms with Crippen molar-refractivity contribution >= 4 is 27.9 Å². The van der Waals surface area contributed by atoms with E-state index in [9.17, 15) is 9.59 Å². The number of fused-ring (bicyclic) bond motifs is 1. The molecule has 0 unspecified atom stereocenters. The Morgan fingerprint density at radius 3 is 2.57 bits per heavy atom. The van der Waals surface area contributed by atoms with E-state index in [0.29, 0.717) is 19.6 Å². The van der Waals surface area contributed by atoms with Crippen LogP contribution in [-0.4, -0.2) is 36.5 Å². The van der Waals surface area contributed by atoms with E-state index >= 15 is 0 Å². The van der Waals surface area contributed by atoms with Crippen molar-refractivity contribution in [2.75, 3.05) is 19.6 Å². The zero-order valence-corrected chi connectivity index (χ0v) is 17.3. The van der Waals surface area contributed by atoms with E-state index in [1.807, 2.05) is 29.2 Å². The Morgan fingerprint density at radius 1 is 1.04 bits per heavy atom. The van der Waals surface area contributed by atoms with Crippen LogP contribution in [0.4, 0.5) is 4.79 Å². The normalized spacial score (nSPS) is 16.8. The molecule has 2 aromatic rings. The number of carbonyl (C=O) groups excluding carboxylic acids is 2. The molecular formula is C22H24BrN3O2. The Hall–Kier alpha value is -2.34. The summed E-state index contributed by atoms with van der Waals surface area (Å²) in [5, 5.41) is 5.66. The van der Waals surface area contributed by atoms with Gasteiger partial charge in [-0.05, 0) is 48.1 Å². The van der Waals surface area contributed by atoms with E-state index in [2.05, 4.69) is 50.8 Å². The molecule has 4 rings (SSSR count). The number of hydrogen-bond donors (Lipinski definition) is 2. The van der Waals surface area contributed by atoms with Crippen LogP contribution < -0.4 is 10.6 Å². The molecule has 1 fully saturated rings. The van der Waals surface area contributed by atoms with Crippen LogP contribution in [-0.2, 0) is 23.2 Å². The Bertz CT molecular complexity index is 895. The summed E-state index contributed by atoms with van der Waals surface area (Å²) in [6, 6.07) is 16.2.